The van der Waals surface area contributed by atoms with Gasteiger partial charge in [-0.05, 0) is 30.9 Å². The molecule has 1 aliphatic rings. The molecule has 0 spiro atoms. The SMILES string of the molecule is C1=CCC(CNc2ccccc2)C1.CC. The van der Waals surface area contributed by atoms with Crippen LogP contribution in [0.5, 0.6) is 0 Å². The van der Waals surface area contributed by atoms with Gasteiger partial charge >= 0.3 is 0 Å². The zero-order valence-corrected chi connectivity index (χ0v) is 9.74. The van der Waals surface area contributed by atoms with Gasteiger partial charge in [0, 0.05) is 12.2 Å². The topological polar surface area (TPSA) is 12.0 Å². The maximum Gasteiger partial charge on any atom is 0.0340 e. The van der Waals surface area contributed by atoms with E-state index in [9.17, 15) is 0 Å². The fraction of sp³-hybridized carbons (Fsp3) is 0.429. The van der Waals surface area contributed by atoms with E-state index in [1.165, 1.54) is 18.5 Å². The van der Waals surface area contributed by atoms with Gasteiger partial charge in [0.2, 0.25) is 0 Å². The minimum atomic E-state index is 0.806. The highest BCUT2D eigenvalue weighted by molar-refractivity contribution is 5.42. The fourth-order valence-corrected chi connectivity index (χ4v) is 1.66. The van der Waals surface area contributed by atoms with Crippen molar-refractivity contribution >= 4 is 5.69 Å². The van der Waals surface area contributed by atoms with Crippen LogP contribution in [0.2, 0.25) is 0 Å². The predicted octanol–water partition coefficient (Wildman–Crippen LogP) is 4.09. The molecule has 1 nitrogen and oxygen atoms in total. The van der Waals surface area contributed by atoms with Gasteiger partial charge in [0.05, 0.1) is 0 Å². The molecule has 0 aliphatic heterocycles. The molecule has 1 aromatic rings. The van der Waals surface area contributed by atoms with E-state index in [0.29, 0.717) is 0 Å². The molecule has 2 rings (SSSR count). The van der Waals surface area contributed by atoms with Gasteiger partial charge in [-0.3, -0.25) is 0 Å². The van der Waals surface area contributed by atoms with Gasteiger partial charge in [-0.2, -0.15) is 0 Å². The number of hydrogen-bond acceptors (Lipinski definition) is 1. The minimum Gasteiger partial charge on any atom is -0.385 e. The summed E-state index contributed by atoms with van der Waals surface area (Å²) < 4.78 is 0. The Morgan fingerprint density at radius 1 is 1.07 bits per heavy atom. The lowest BCUT2D eigenvalue weighted by molar-refractivity contribution is 0.603. The van der Waals surface area contributed by atoms with Crippen LogP contribution in [0.15, 0.2) is 42.5 Å². The third-order valence-electron chi connectivity index (χ3n) is 2.47. The molecular weight excluding hydrogens is 182 g/mol. The van der Waals surface area contributed by atoms with Crippen LogP contribution in [-0.4, -0.2) is 6.54 Å². The van der Waals surface area contributed by atoms with Gasteiger partial charge in [-0.1, -0.05) is 44.2 Å². The molecule has 1 aliphatic carbocycles. The normalized spacial score (nSPS) is 14.5. The van der Waals surface area contributed by atoms with Gasteiger partial charge in [0.25, 0.3) is 0 Å². The second kappa shape index (κ2) is 7.10. The van der Waals surface area contributed by atoms with Gasteiger partial charge in [-0.25, -0.2) is 0 Å². The third-order valence-corrected chi connectivity index (χ3v) is 2.47. The Morgan fingerprint density at radius 3 is 2.27 bits per heavy atom. The van der Waals surface area contributed by atoms with Crippen molar-refractivity contribution in [3.63, 3.8) is 0 Å². The van der Waals surface area contributed by atoms with E-state index < -0.39 is 0 Å². The molecule has 0 heterocycles. The van der Waals surface area contributed by atoms with Crippen molar-refractivity contribution in [2.75, 3.05) is 11.9 Å². The van der Waals surface area contributed by atoms with Crippen LogP contribution in [-0.2, 0) is 0 Å². The third kappa shape index (κ3) is 4.20. The number of anilines is 1. The van der Waals surface area contributed by atoms with Crippen molar-refractivity contribution in [2.45, 2.75) is 26.7 Å². The van der Waals surface area contributed by atoms with Crippen molar-refractivity contribution in [1.82, 2.24) is 0 Å². The first kappa shape index (κ1) is 11.8. The molecular formula is C14H21N. The van der Waals surface area contributed by atoms with Crippen LogP contribution >= 0.6 is 0 Å². The molecule has 15 heavy (non-hydrogen) atoms. The van der Waals surface area contributed by atoms with Gasteiger partial charge in [0.15, 0.2) is 0 Å². The highest BCUT2D eigenvalue weighted by atomic mass is 14.9. The number of allylic oxidation sites excluding steroid dienone is 2. The van der Waals surface area contributed by atoms with E-state index in [0.717, 1.165) is 12.5 Å². The molecule has 1 aromatic carbocycles. The first-order chi connectivity index (χ1) is 7.45. The Morgan fingerprint density at radius 2 is 1.67 bits per heavy atom. The molecule has 1 N–H and O–H groups in total. The number of nitrogens with one attached hydrogen (secondary N) is 1. The van der Waals surface area contributed by atoms with Crippen LogP contribution in [0.4, 0.5) is 5.69 Å². The van der Waals surface area contributed by atoms with E-state index in [2.05, 4.69) is 41.7 Å². The minimum absolute atomic E-state index is 0.806. The molecule has 0 amide bonds. The zero-order valence-electron chi connectivity index (χ0n) is 9.74. The van der Waals surface area contributed by atoms with Gasteiger partial charge in [-0.15, -0.1) is 0 Å². The first-order valence-corrected chi connectivity index (χ1v) is 5.89. The monoisotopic (exact) mass is 203 g/mol. The summed E-state index contributed by atoms with van der Waals surface area (Å²) in [7, 11) is 0. The lowest BCUT2D eigenvalue weighted by Crippen LogP contribution is -2.10. The average molecular weight is 203 g/mol. The largest absolute Gasteiger partial charge is 0.385 e. The summed E-state index contributed by atoms with van der Waals surface area (Å²) in [4.78, 5) is 0. The Labute approximate surface area is 93.2 Å². The molecule has 82 valence electrons. The lowest BCUT2D eigenvalue weighted by atomic mass is 10.1. The summed E-state index contributed by atoms with van der Waals surface area (Å²) in [6.07, 6.45) is 7.02. The van der Waals surface area contributed by atoms with Crippen molar-refractivity contribution < 1.29 is 0 Å². The second-order valence-electron chi connectivity index (χ2n) is 3.56. The van der Waals surface area contributed by atoms with E-state index >= 15 is 0 Å². The van der Waals surface area contributed by atoms with E-state index in [-0.39, 0.29) is 0 Å². The maximum absolute atomic E-state index is 3.45. The van der Waals surface area contributed by atoms with E-state index in [1.54, 1.807) is 0 Å². The predicted molar refractivity (Wildman–Crippen MR) is 68.1 cm³/mol. The van der Waals surface area contributed by atoms with Crippen molar-refractivity contribution in [3.8, 4) is 0 Å². The smallest absolute Gasteiger partial charge is 0.0340 e. The first-order valence-electron chi connectivity index (χ1n) is 5.89. The quantitative estimate of drug-likeness (QED) is 0.729. The highest BCUT2D eigenvalue weighted by Gasteiger charge is 2.08. The highest BCUT2D eigenvalue weighted by Crippen LogP contribution is 2.18. The Kier molecular flexibility index (Phi) is 5.60. The van der Waals surface area contributed by atoms with Gasteiger partial charge in [0.1, 0.15) is 0 Å². The van der Waals surface area contributed by atoms with Crippen molar-refractivity contribution in [3.05, 3.63) is 42.5 Å². The number of para-hydroxylation sites is 1. The Hall–Kier alpha value is -1.24. The summed E-state index contributed by atoms with van der Waals surface area (Å²) in [6, 6.07) is 10.4. The molecule has 0 fully saturated rings. The molecule has 0 radical (unpaired) electrons. The standard InChI is InChI=1S/C12H15N.C2H6/c1-2-8-12(9-3-1)13-10-11-6-4-5-7-11;1-2/h1-5,8-9,11,13H,6-7,10H2;1-2H3. The van der Waals surface area contributed by atoms with Crippen LogP contribution in [0.1, 0.15) is 26.7 Å². The molecule has 0 saturated carbocycles. The molecule has 0 unspecified atom stereocenters. The van der Waals surface area contributed by atoms with Crippen molar-refractivity contribution in [2.24, 2.45) is 5.92 Å². The average Bonchev–Trinajstić information content (AvgIpc) is 2.83. The van der Waals surface area contributed by atoms with Crippen LogP contribution in [0, 0.1) is 5.92 Å². The second-order valence-corrected chi connectivity index (χ2v) is 3.56. The van der Waals surface area contributed by atoms with Crippen LogP contribution < -0.4 is 5.32 Å². The van der Waals surface area contributed by atoms with Gasteiger partial charge < -0.3 is 5.32 Å². The number of benzene rings is 1. The van der Waals surface area contributed by atoms with Crippen LogP contribution in [0.3, 0.4) is 0 Å². The molecule has 0 bridgehead atoms. The summed E-state index contributed by atoms with van der Waals surface area (Å²) in [6.45, 7) is 5.09. The maximum atomic E-state index is 3.45. The lowest BCUT2D eigenvalue weighted by Gasteiger charge is -2.11. The van der Waals surface area contributed by atoms with Crippen molar-refractivity contribution in [1.29, 1.82) is 0 Å². The van der Waals surface area contributed by atoms with Crippen LogP contribution in [0.25, 0.3) is 0 Å². The zero-order chi connectivity index (χ0) is 10.9. The summed E-state index contributed by atoms with van der Waals surface area (Å²) in [5.41, 5.74) is 1.23. The van der Waals surface area contributed by atoms with E-state index in [4.69, 9.17) is 0 Å². The van der Waals surface area contributed by atoms with E-state index in [1.807, 2.05) is 19.9 Å². The Bertz CT molecular complexity index is 269. The summed E-state index contributed by atoms with van der Waals surface area (Å²) in [5, 5.41) is 3.45. The molecule has 0 aromatic heterocycles. The number of hydrogen-bond donors (Lipinski definition) is 1. The number of rotatable bonds is 3. The summed E-state index contributed by atoms with van der Waals surface area (Å²) >= 11 is 0. The Balaban J connectivity index is 0.000000531. The molecule has 1 heteroatoms. The molecule has 0 atom stereocenters. The fourth-order valence-electron chi connectivity index (χ4n) is 1.66. The summed E-state index contributed by atoms with van der Waals surface area (Å²) in [5.74, 6) is 0.806. The molecule has 0 saturated heterocycles.